The van der Waals surface area contributed by atoms with Gasteiger partial charge in [0.2, 0.25) is 0 Å². The molecule has 1 atom stereocenters. The Bertz CT molecular complexity index is 367. The number of nitrogens with two attached hydrogens (primary N) is 1. The molecule has 0 aromatic carbocycles. The fraction of sp³-hybridized carbons (Fsp3) is 0.769. The highest BCUT2D eigenvalue weighted by Gasteiger charge is 2.26. The summed E-state index contributed by atoms with van der Waals surface area (Å²) in [6, 6.07) is 0.919. The first-order valence-electron chi connectivity index (χ1n) is 6.71. The second kappa shape index (κ2) is 5.82. The number of aryl methyl sites for hydroxylation is 1. The highest BCUT2D eigenvalue weighted by Crippen LogP contribution is 2.24. The van der Waals surface area contributed by atoms with E-state index in [2.05, 4.69) is 35.2 Å². The minimum absolute atomic E-state index is 0.284. The third-order valence-corrected chi connectivity index (χ3v) is 4.09. The SMILES string of the molecule is CN1CCC(N(C)C(CN)c2cnn(C)c2)CC1. The van der Waals surface area contributed by atoms with Gasteiger partial charge in [-0.1, -0.05) is 0 Å². The van der Waals surface area contributed by atoms with Gasteiger partial charge in [0.1, 0.15) is 0 Å². The lowest BCUT2D eigenvalue weighted by Gasteiger charge is -2.38. The van der Waals surface area contributed by atoms with Crippen LogP contribution in [0.15, 0.2) is 12.4 Å². The number of aromatic nitrogens is 2. The first-order valence-corrected chi connectivity index (χ1v) is 6.71. The van der Waals surface area contributed by atoms with Crippen molar-refractivity contribution in [3.63, 3.8) is 0 Å². The van der Waals surface area contributed by atoms with Crippen LogP contribution in [-0.4, -0.2) is 59.4 Å². The van der Waals surface area contributed by atoms with Crippen LogP contribution >= 0.6 is 0 Å². The molecular formula is C13H25N5. The lowest BCUT2D eigenvalue weighted by Crippen LogP contribution is -2.44. The summed E-state index contributed by atoms with van der Waals surface area (Å²) >= 11 is 0. The summed E-state index contributed by atoms with van der Waals surface area (Å²) in [7, 11) is 6.34. The van der Waals surface area contributed by atoms with Crippen molar-refractivity contribution in [1.82, 2.24) is 19.6 Å². The Labute approximate surface area is 110 Å². The van der Waals surface area contributed by atoms with Crippen molar-refractivity contribution < 1.29 is 0 Å². The standard InChI is InChI=1S/C13H25N5/c1-16-6-4-12(5-7-16)18(3)13(8-14)11-9-15-17(2)10-11/h9-10,12-13H,4-8,14H2,1-3H3. The van der Waals surface area contributed by atoms with E-state index in [0.717, 1.165) is 0 Å². The van der Waals surface area contributed by atoms with Gasteiger partial charge in [-0.15, -0.1) is 0 Å². The molecule has 2 heterocycles. The predicted octanol–water partition coefficient (Wildman–Crippen LogP) is 0.446. The van der Waals surface area contributed by atoms with Crippen LogP contribution in [0.1, 0.15) is 24.4 Å². The van der Waals surface area contributed by atoms with Crippen molar-refractivity contribution in [2.24, 2.45) is 12.8 Å². The van der Waals surface area contributed by atoms with E-state index in [9.17, 15) is 0 Å². The number of piperidine rings is 1. The molecule has 1 unspecified atom stereocenters. The number of nitrogens with zero attached hydrogens (tertiary/aromatic N) is 4. The van der Waals surface area contributed by atoms with Gasteiger partial charge in [-0.05, 0) is 40.0 Å². The molecule has 1 aliphatic heterocycles. The zero-order chi connectivity index (χ0) is 13.1. The van der Waals surface area contributed by atoms with Crippen molar-refractivity contribution >= 4 is 0 Å². The van der Waals surface area contributed by atoms with Gasteiger partial charge in [-0.3, -0.25) is 9.58 Å². The van der Waals surface area contributed by atoms with Crippen LogP contribution in [0.25, 0.3) is 0 Å². The number of hydrogen-bond acceptors (Lipinski definition) is 4. The lowest BCUT2D eigenvalue weighted by atomic mass is 10.0. The minimum Gasteiger partial charge on any atom is -0.329 e. The first-order chi connectivity index (χ1) is 8.61. The summed E-state index contributed by atoms with van der Waals surface area (Å²) in [5, 5.41) is 4.25. The zero-order valence-electron chi connectivity index (χ0n) is 11.7. The Kier molecular flexibility index (Phi) is 4.37. The summed E-state index contributed by atoms with van der Waals surface area (Å²) in [4.78, 5) is 4.83. The summed E-state index contributed by atoms with van der Waals surface area (Å²) in [5.74, 6) is 0. The van der Waals surface area contributed by atoms with Crippen LogP contribution < -0.4 is 5.73 Å². The molecule has 1 saturated heterocycles. The molecule has 1 aromatic heterocycles. The highest BCUT2D eigenvalue weighted by molar-refractivity contribution is 5.11. The second-order valence-corrected chi connectivity index (χ2v) is 5.40. The van der Waals surface area contributed by atoms with Crippen molar-refractivity contribution in [2.75, 3.05) is 33.7 Å². The molecule has 0 saturated carbocycles. The summed E-state index contributed by atoms with van der Waals surface area (Å²) in [5.41, 5.74) is 7.18. The van der Waals surface area contributed by atoms with E-state index in [-0.39, 0.29) is 6.04 Å². The van der Waals surface area contributed by atoms with Crippen LogP contribution in [0.5, 0.6) is 0 Å². The molecular weight excluding hydrogens is 226 g/mol. The third kappa shape index (κ3) is 2.91. The molecule has 102 valence electrons. The van der Waals surface area contributed by atoms with E-state index in [1.807, 2.05) is 17.9 Å². The molecule has 0 bridgehead atoms. The maximum Gasteiger partial charge on any atom is 0.0538 e. The van der Waals surface area contributed by atoms with Crippen LogP contribution in [0.4, 0.5) is 0 Å². The smallest absolute Gasteiger partial charge is 0.0538 e. The molecule has 0 radical (unpaired) electrons. The largest absolute Gasteiger partial charge is 0.329 e. The molecule has 0 amide bonds. The Morgan fingerprint density at radius 2 is 2.11 bits per heavy atom. The topological polar surface area (TPSA) is 50.3 Å². The fourth-order valence-corrected chi connectivity index (χ4v) is 2.81. The van der Waals surface area contributed by atoms with Gasteiger partial charge in [-0.2, -0.15) is 5.10 Å². The molecule has 5 heteroatoms. The van der Waals surface area contributed by atoms with E-state index in [1.165, 1.54) is 31.5 Å². The monoisotopic (exact) mass is 251 g/mol. The van der Waals surface area contributed by atoms with Crippen molar-refractivity contribution in [3.05, 3.63) is 18.0 Å². The fourth-order valence-electron chi connectivity index (χ4n) is 2.81. The van der Waals surface area contributed by atoms with Crippen LogP contribution in [-0.2, 0) is 7.05 Å². The molecule has 5 nitrogen and oxygen atoms in total. The minimum atomic E-state index is 0.284. The van der Waals surface area contributed by atoms with Crippen molar-refractivity contribution in [2.45, 2.75) is 24.9 Å². The molecule has 0 spiro atoms. The summed E-state index contributed by atoms with van der Waals surface area (Å²) in [6.45, 7) is 3.01. The Balaban J connectivity index is 2.03. The quantitative estimate of drug-likeness (QED) is 0.844. The van der Waals surface area contributed by atoms with Gasteiger partial charge in [0.05, 0.1) is 12.2 Å². The number of likely N-dealkylation sites (N-methyl/N-ethyl adjacent to an activating group) is 1. The maximum atomic E-state index is 5.96. The molecule has 2 rings (SSSR count). The van der Waals surface area contributed by atoms with E-state index < -0.39 is 0 Å². The Morgan fingerprint density at radius 3 is 2.61 bits per heavy atom. The number of hydrogen-bond donors (Lipinski definition) is 1. The Hall–Kier alpha value is -0.910. The summed E-state index contributed by atoms with van der Waals surface area (Å²) in [6.07, 6.45) is 6.46. The van der Waals surface area contributed by atoms with Crippen LogP contribution in [0, 0.1) is 0 Å². The van der Waals surface area contributed by atoms with E-state index >= 15 is 0 Å². The third-order valence-electron chi connectivity index (χ3n) is 4.09. The lowest BCUT2D eigenvalue weighted by molar-refractivity contribution is 0.109. The number of rotatable bonds is 4. The van der Waals surface area contributed by atoms with Gasteiger partial charge in [-0.25, -0.2) is 0 Å². The first kappa shape index (κ1) is 13.5. The van der Waals surface area contributed by atoms with Gasteiger partial charge < -0.3 is 10.6 Å². The second-order valence-electron chi connectivity index (χ2n) is 5.40. The molecule has 1 aromatic rings. The Morgan fingerprint density at radius 1 is 1.44 bits per heavy atom. The van der Waals surface area contributed by atoms with Crippen molar-refractivity contribution in [1.29, 1.82) is 0 Å². The maximum absolute atomic E-state index is 5.96. The van der Waals surface area contributed by atoms with E-state index in [0.29, 0.717) is 12.6 Å². The summed E-state index contributed by atoms with van der Waals surface area (Å²) < 4.78 is 1.85. The average molecular weight is 251 g/mol. The van der Waals surface area contributed by atoms with Crippen LogP contribution in [0.2, 0.25) is 0 Å². The average Bonchev–Trinajstić information content (AvgIpc) is 2.77. The molecule has 1 fully saturated rings. The molecule has 2 N–H and O–H groups in total. The van der Waals surface area contributed by atoms with E-state index in [1.54, 1.807) is 0 Å². The van der Waals surface area contributed by atoms with Gasteiger partial charge in [0.15, 0.2) is 0 Å². The van der Waals surface area contributed by atoms with E-state index in [4.69, 9.17) is 5.73 Å². The molecule has 0 aliphatic carbocycles. The van der Waals surface area contributed by atoms with Crippen molar-refractivity contribution in [3.8, 4) is 0 Å². The molecule has 18 heavy (non-hydrogen) atoms. The highest BCUT2D eigenvalue weighted by atomic mass is 15.3. The van der Waals surface area contributed by atoms with Gasteiger partial charge in [0, 0.05) is 31.4 Å². The molecule has 1 aliphatic rings. The van der Waals surface area contributed by atoms with Gasteiger partial charge >= 0.3 is 0 Å². The van der Waals surface area contributed by atoms with Gasteiger partial charge in [0.25, 0.3) is 0 Å². The number of likely N-dealkylation sites (tertiary alicyclic amines) is 1. The zero-order valence-corrected chi connectivity index (χ0v) is 11.7. The predicted molar refractivity (Wildman–Crippen MR) is 73.3 cm³/mol. The van der Waals surface area contributed by atoms with Crippen LogP contribution in [0.3, 0.4) is 0 Å². The normalized spacial score (nSPS) is 20.5.